The lowest BCUT2D eigenvalue weighted by Gasteiger charge is -2.18. The molecule has 0 aromatic heterocycles. The number of nitrogens with zero attached hydrogens (tertiary/aromatic N) is 1. The average Bonchev–Trinajstić information content (AvgIpc) is 3.03. The van der Waals surface area contributed by atoms with Gasteiger partial charge in [-0.25, -0.2) is 0 Å². The van der Waals surface area contributed by atoms with E-state index in [1.807, 2.05) is 31.2 Å². The number of carbonyl (C=O) groups excluding carboxylic acids is 2. The van der Waals surface area contributed by atoms with Crippen molar-refractivity contribution in [3.8, 4) is 0 Å². The van der Waals surface area contributed by atoms with Crippen LogP contribution in [0.3, 0.4) is 0 Å². The molecule has 3 rings (SSSR count). The van der Waals surface area contributed by atoms with E-state index in [2.05, 4.69) is 5.32 Å². The Morgan fingerprint density at radius 2 is 1.93 bits per heavy atom. The standard InChI is InChI=1S/C22H23F3N2O2/c1-15-5-2-3-7-17(15)9-10-26-21(29)18-12-20(28)27(14-18)13-16-6-4-8-19(11-16)22(23,24)25/h2-8,11,18H,9-10,12-14H2,1H3,(H,26,29). The monoisotopic (exact) mass is 404 g/mol. The summed E-state index contributed by atoms with van der Waals surface area (Å²) < 4.78 is 38.6. The molecule has 154 valence electrons. The van der Waals surface area contributed by atoms with Crippen molar-refractivity contribution in [1.82, 2.24) is 10.2 Å². The highest BCUT2D eigenvalue weighted by atomic mass is 19.4. The summed E-state index contributed by atoms with van der Waals surface area (Å²) in [5.74, 6) is -0.898. The molecule has 29 heavy (non-hydrogen) atoms. The molecule has 1 aliphatic rings. The first-order valence-electron chi connectivity index (χ1n) is 9.50. The van der Waals surface area contributed by atoms with Crippen LogP contribution in [0, 0.1) is 12.8 Å². The van der Waals surface area contributed by atoms with Gasteiger partial charge in [0.1, 0.15) is 0 Å². The third kappa shape index (κ3) is 5.37. The summed E-state index contributed by atoms with van der Waals surface area (Å²) in [4.78, 5) is 26.1. The number of carbonyl (C=O) groups is 2. The van der Waals surface area contributed by atoms with Gasteiger partial charge >= 0.3 is 6.18 Å². The molecule has 7 heteroatoms. The fraction of sp³-hybridized carbons (Fsp3) is 0.364. The van der Waals surface area contributed by atoms with E-state index in [4.69, 9.17) is 0 Å². The number of aryl methyl sites for hydroxylation is 1. The van der Waals surface area contributed by atoms with Crippen molar-refractivity contribution in [2.24, 2.45) is 5.92 Å². The second kappa shape index (κ2) is 8.68. The summed E-state index contributed by atoms with van der Waals surface area (Å²) in [6.07, 6.45) is -3.65. The second-order valence-corrected chi connectivity index (χ2v) is 7.34. The van der Waals surface area contributed by atoms with Gasteiger partial charge < -0.3 is 10.2 Å². The van der Waals surface area contributed by atoms with Crippen LogP contribution < -0.4 is 5.32 Å². The van der Waals surface area contributed by atoms with Crippen molar-refractivity contribution in [1.29, 1.82) is 0 Å². The molecule has 0 bridgehead atoms. The van der Waals surface area contributed by atoms with Gasteiger partial charge in [-0.05, 0) is 42.2 Å². The zero-order valence-electron chi connectivity index (χ0n) is 16.1. The molecule has 2 amide bonds. The van der Waals surface area contributed by atoms with Crippen molar-refractivity contribution in [2.75, 3.05) is 13.1 Å². The Kier molecular flexibility index (Phi) is 6.25. The molecule has 1 N–H and O–H groups in total. The van der Waals surface area contributed by atoms with E-state index in [-0.39, 0.29) is 31.3 Å². The third-order valence-corrected chi connectivity index (χ3v) is 5.17. The molecule has 2 aromatic carbocycles. The molecule has 2 aromatic rings. The lowest BCUT2D eigenvalue weighted by Crippen LogP contribution is -2.34. The Labute approximate surface area is 167 Å². The lowest BCUT2D eigenvalue weighted by atomic mass is 10.1. The maximum absolute atomic E-state index is 12.9. The number of rotatable bonds is 6. The van der Waals surface area contributed by atoms with Gasteiger partial charge in [-0.3, -0.25) is 9.59 Å². The molecule has 0 aliphatic carbocycles. The number of likely N-dealkylation sites (tertiary alicyclic amines) is 1. The minimum Gasteiger partial charge on any atom is -0.355 e. The van der Waals surface area contributed by atoms with E-state index in [1.54, 1.807) is 6.07 Å². The van der Waals surface area contributed by atoms with Gasteiger partial charge in [0.15, 0.2) is 0 Å². The quantitative estimate of drug-likeness (QED) is 0.798. The fourth-order valence-electron chi connectivity index (χ4n) is 3.52. The first-order valence-corrected chi connectivity index (χ1v) is 9.50. The molecule has 1 fully saturated rings. The van der Waals surface area contributed by atoms with Gasteiger partial charge in [0.25, 0.3) is 0 Å². The molecule has 0 spiro atoms. The molecular weight excluding hydrogens is 381 g/mol. The SMILES string of the molecule is Cc1ccccc1CCNC(=O)C1CC(=O)N(Cc2cccc(C(F)(F)F)c2)C1. The van der Waals surface area contributed by atoms with Gasteiger partial charge in [0, 0.05) is 26.1 Å². The number of halogens is 3. The molecule has 1 atom stereocenters. The van der Waals surface area contributed by atoms with E-state index in [9.17, 15) is 22.8 Å². The van der Waals surface area contributed by atoms with Crippen molar-refractivity contribution in [2.45, 2.75) is 32.5 Å². The Morgan fingerprint density at radius 3 is 2.66 bits per heavy atom. The number of alkyl halides is 3. The summed E-state index contributed by atoms with van der Waals surface area (Å²) in [7, 11) is 0. The maximum atomic E-state index is 12.9. The highest BCUT2D eigenvalue weighted by molar-refractivity contribution is 5.89. The molecular formula is C22H23F3N2O2. The molecule has 1 saturated heterocycles. The Bertz CT molecular complexity index is 896. The first kappa shape index (κ1) is 20.9. The highest BCUT2D eigenvalue weighted by Crippen LogP contribution is 2.30. The fourth-order valence-corrected chi connectivity index (χ4v) is 3.52. The van der Waals surface area contributed by atoms with Crippen LogP contribution in [-0.2, 0) is 28.7 Å². The van der Waals surface area contributed by atoms with Crippen molar-refractivity contribution in [3.63, 3.8) is 0 Å². The predicted molar refractivity (Wildman–Crippen MR) is 103 cm³/mol. The zero-order valence-corrected chi connectivity index (χ0v) is 16.1. The van der Waals surface area contributed by atoms with Crippen LogP contribution in [0.15, 0.2) is 48.5 Å². The van der Waals surface area contributed by atoms with E-state index >= 15 is 0 Å². The Morgan fingerprint density at radius 1 is 1.17 bits per heavy atom. The summed E-state index contributed by atoms with van der Waals surface area (Å²) in [6, 6.07) is 12.9. The van der Waals surface area contributed by atoms with Crippen LogP contribution in [-0.4, -0.2) is 29.8 Å². The van der Waals surface area contributed by atoms with E-state index in [0.717, 1.165) is 23.3 Å². The number of nitrogens with one attached hydrogen (secondary N) is 1. The number of amides is 2. The van der Waals surface area contributed by atoms with Gasteiger partial charge in [0.2, 0.25) is 11.8 Å². The van der Waals surface area contributed by atoms with Crippen LogP contribution in [0.5, 0.6) is 0 Å². The van der Waals surface area contributed by atoms with Crippen LogP contribution >= 0.6 is 0 Å². The van der Waals surface area contributed by atoms with Crippen LogP contribution in [0.1, 0.15) is 28.7 Å². The van der Waals surface area contributed by atoms with E-state index in [1.165, 1.54) is 11.0 Å². The van der Waals surface area contributed by atoms with E-state index in [0.29, 0.717) is 18.5 Å². The summed E-state index contributed by atoms with van der Waals surface area (Å²) >= 11 is 0. The molecule has 4 nitrogen and oxygen atoms in total. The normalized spacial score (nSPS) is 16.9. The topological polar surface area (TPSA) is 49.4 Å². The van der Waals surface area contributed by atoms with Gasteiger partial charge in [-0.1, -0.05) is 36.4 Å². The maximum Gasteiger partial charge on any atom is 0.416 e. The van der Waals surface area contributed by atoms with Crippen LogP contribution in [0.4, 0.5) is 13.2 Å². The molecule has 1 heterocycles. The number of benzene rings is 2. The number of hydrogen-bond donors (Lipinski definition) is 1. The van der Waals surface area contributed by atoms with Crippen molar-refractivity contribution >= 4 is 11.8 Å². The summed E-state index contributed by atoms with van der Waals surface area (Å²) in [5, 5.41) is 2.87. The van der Waals surface area contributed by atoms with Gasteiger partial charge in [-0.2, -0.15) is 13.2 Å². The molecule has 1 aliphatic heterocycles. The van der Waals surface area contributed by atoms with E-state index < -0.39 is 17.7 Å². The largest absolute Gasteiger partial charge is 0.416 e. The highest BCUT2D eigenvalue weighted by Gasteiger charge is 2.35. The minimum atomic E-state index is -4.43. The molecule has 1 unspecified atom stereocenters. The first-order chi connectivity index (χ1) is 13.7. The van der Waals surface area contributed by atoms with Crippen LogP contribution in [0.25, 0.3) is 0 Å². The van der Waals surface area contributed by atoms with Crippen molar-refractivity contribution in [3.05, 3.63) is 70.8 Å². The lowest BCUT2D eigenvalue weighted by molar-refractivity contribution is -0.137. The second-order valence-electron chi connectivity index (χ2n) is 7.34. The minimum absolute atomic E-state index is 0.0652. The van der Waals surface area contributed by atoms with Gasteiger partial charge in [0.05, 0.1) is 11.5 Å². The Hall–Kier alpha value is -2.83. The average molecular weight is 404 g/mol. The Balaban J connectivity index is 1.53. The zero-order chi connectivity index (χ0) is 21.0. The predicted octanol–water partition coefficient (Wildman–Crippen LogP) is 3.72. The molecule has 0 radical (unpaired) electrons. The number of hydrogen-bond acceptors (Lipinski definition) is 2. The van der Waals surface area contributed by atoms with Crippen molar-refractivity contribution < 1.29 is 22.8 Å². The van der Waals surface area contributed by atoms with Gasteiger partial charge in [-0.15, -0.1) is 0 Å². The van der Waals surface area contributed by atoms with Crippen LogP contribution in [0.2, 0.25) is 0 Å². The smallest absolute Gasteiger partial charge is 0.355 e. The summed E-state index contributed by atoms with van der Waals surface area (Å²) in [6.45, 7) is 2.77. The summed E-state index contributed by atoms with van der Waals surface area (Å²) in [5.41, 5.74) is 1.97. The third-order valence-electron chi connectivity index (χ3n) is 5.17. The molecule has 0 saturated carbocycles.